The van der Waals surface area contributed by atoms with Gasteiger partial charge in [0.25, 0.3) is 0 Å². The molecule has 1 atom stereocenters. The normalized spacial score (nSPS) is 11.9. The summed E-state index contributed by atoms with van der Waals surface area (Å²) in [6.45, 7) is 6.21. The number of aryl methyl sites for hydroxylation is 1. The van der Waals surface area contributed by atoms with Crippen LogP contribution < -0.4 is 10.1 Å². The number of hydrogen-bond donors (Lipinski definition) is 1. The smallest absolute Gasteiger partial charge is 0.408 e. The van der Waals surface area contributed by atoms with Gasteiger partial charge in [-0.1, -0.05) is 42.5 Å². The van der Waals surface area contributed by atoms with Crippen LogP contribution in [0.3, 0.4) is 0 Å². The molecule has 0 aliphatic rings. The molecule has 1 amide bonds. The van der Waals surface area contributed by atoms with E-state index in [4.69, 9.17) is 14.7 Å². The van der Waals surface area contributed by atoms with Gasteiger partial charge in [0.15, 0.2) is 5.82 Å². The number of carbonyl (C=O) groups excluding carboxylic acids is 1. The van der Waals surface area contributed by atoms with Crippen molar-refractivity contribution in [1.29, 1.82) is 5.26 Å². The SMILES string of the molecule is CC(C)(C)OC(=O)NC(Cc1ccc(OCc2ccccc2)cc1)c1nnnn1CCC#N. The summed E-state index contributed by atoms with van der Waals surface area (Å²) in [6, 6.07) is 19.1. The minimum atomic E-state index is -0.640. The molecule has 1 heterocycles. The van der Waals surface area contributed by atoms with Crippen LogP contribution in [0.25, 0.3) is 0 Å². The van der Waals surface area contributed by atoms with Crippen molar-refractivity contribution in [2.45, 2.75) is 58.4 Å². The van der Waals surface area contributed by atoms with Crippen molar-refractivity contribution in [2.24, 2.45) is 0 Å². The Balaban J connectivity index is 1.72. The van der Waals surface area contributed by atoms with Gasteiger partial charge in [-0.25, -0.2) is 9.48 Å². The van der Waals surface area contributed by atoms with E-state index in [1.165, 1.54) is 4.68 Å². The molecule has 3 aromatic rings. The number of carbonyl (C=O) groups is 1. The van der Waals surface area contributed by atoms with Gasteiger partial charge < -0.3 is 14.8 Å². The first-order chi connectivity index (χ1) is 15.8. The number of rotatable bonds is 9. The number of nitrogens with one attached hydrogen (secondary N) is 1. The molecule has 9 nitrogen and oxygen atoms in total. The van der Waals surface area contributed by atoms with Crippen molar-refractivity contribution >= 4 is 6.09 Å². The zero-order valence-electron chi connectivity index (χ0n) is 19.1. The summed E-state index contributed by atoms with van der Waals surface area (Å²) in [5.74, 6) is 1.21. The van der Waals surface area contributed by atoms with E-state index in [0.29, 0.717) is 25.4 Å². The minimum absolute atomic E-state index is 0.255. The Morgan fingerprint density at radius 3 is 2.52 bits per heavy atom. The Morgan fingerprint density at radius 2 is 1.85 bits per heavy atom. The van der Waals surface area contributed by atoms with Crippen LogP contribution in [0.4, 0.5) is 4.79 Å². The maximum absolute atomic E-state index is 12.5. The molecule has 3 rings (SSSR count). The summed E-state index contributed by atoms with van der Waals surface area (Å²) in [5.41, 5.74) is 1.41. The summed E-state index contributed by atoms with van der Waals surface area (Å²) < 4.78 is 12.8. The average molecular weight is 449 g/mol. The van der Waals surface area contributed by atoms with Crippen LogP contribution in [0, 0.1) is 11.3 Å². The van der Waals surface area contributed by atoms with E-state index in [-0.39, 0.29) is 6.42 Å². The van der Waals surface area contributed by atoms with Gasteiger partial charge in [0.1, 0.15) is 18.0 Å². The molecule has 0 bridgehead atoms. The van der Waals surface area contributed by atoms with Crippen LogP contribution in [-0.2, 0) is 24.3 Å². The maximum atomic E-state index is 12.5. The molecule has 1 N–H and O–H groups in total. The summed E-state index contributed by atoms with van der Waals surface area (Å²) in [6.07, 6.45) is 0.126. The van der Waals surface area contributed by atoms with Crippen molar-refractivity contribution in [2.75, 3.05) is 0 Å². The fourth-order valence-corrected chi connectivity index (χ4v) is 3.13. The van der Waals surface area contributed by atoms with Gasteiger partial charge in [-0.05, 0) is 54.5 Å². The third-order valence-electron chi connectivity index (χ3n) is 4.61. The summed E-state index contributed by atoms with van der Waals surface area (Å²) in [4.78, 5) is 12.5. The monoisotopic (exact) mass is 448 g/mol. The van der Waals surface area contributed by atoms with E-state index in [0.717, 1.165) is 16.9 Å². The quantitative estimate of drug-likeness (QED) is 0.526. The highest BCUT2D eigenvalue weighted by Gasteiger charge is 2.25. The minimum Gasteiger partial charge on any atom is -0.489 e. The number of hydrogen-bond acceptors (Lipinski definition) is 7. The lowest BCUT2D eigenvalue weighted by atomic mass is 10.1. The number of nitriles is 1. The maximum Gasteiger partial charge on any atom is 0.408 e. The van der Waals surface area contributed by atoms with Gasteiger partial charge in [-0.15, -0.1) is 5.10 Å². The topological polar surface area (TPSA) is 115 Å². The van der Waals surface area contributed by atoms with Crippen molar-refractivity contribution in [3.05, 3.63) is 71.5 Å². The van der Waals surface area contributed by atoms with Crippen molar-refractivity contribution < 1.29 is 14.3 Å². The molecule has 9 heteroatoms. The first kappa shape index (κ1) is 23.7. The third-order valence-corrected chi connectivity index (χ3v) is 4.61. The molecule has 0 aliphatic heterocycles. The number of amides is 1. The zero-order chi connectivity index (χ0) is 23.7. The predicted octanol–water partition coefficient (Wildman–Crippen LogP) is 3.97. The highest BCUT2D eigenvalue weighted by atomic mass is 16.6. The number of benzene rings is 2. The van der Waals surface area contributed by atoms with Gasteiger partial charge in [0.05, 0.1) is 25.1 Å². The Bertz CT molecular complexity index is 1070. The van der Waals surface area contributed by atoms with Gasteiger partial charge in [-0.3, -0.25) is 0 Å². The van der Waals surface area contributed by atoms with E-state index < -0.39 is 17.7 Å². The lowest BCUT2D eigenvalue weighted by Gasteiger charge is -2.23. The Morgan fingerprint density at radius 1 is 1.12 bits per heavy atom. The summed E-state index contributed by atoms with van der Waals surface area (Å²) in [5, 5.41) is 23.6. The molecule has 0 radical (unpaired) electrons. The number of aromatic nitrogens is 4. The zero-order valence-corrected chi connectivity index (χ0v) is 19.1. The third kappa shape index (κ3) is 7.61. The highest BCUT2D eigenvalue weighted by Crippen LogP contribution is 2.21. The fraction of sp³-hybridized carbons (Fsp3) is 0.375. The fourth-order valence-electron chi connectivity index (χ4n) is 3.13. The van der Waals surface area contributed by atoms with Crippen molar-refractivity contribution in [3.63, 3.8) is 0 Å². The molecule has 2 aromatic carbocycles. The second-order valence-corrected chi connectivity index (χ2v) is 8.49. The Hall–Kier alpha value is -3.93. The molecule has 33 heavy (non-hydrogen) atoms. The molecule has 1 aromatic heterocycles. The largest absolute Gasteiger partial charge is 0.489 e. The van der Waals surface area contributed by atoms with Gasteiger partial charge in [0, 0.05) is 6.42 Å². The first-order valence-electron chi connectivity index (χ1n) is 10.7. The van der Waals surface area contributed by atoms with Crippen LogP contribution in [0.2, 0.25) is 0 Å². The molecular formula is C24H28N6O3. The highest BCUT2D eigenvalue weighted by molar-refractivity contribution is 5.68. The second-order valence-electron chi connectivity index (χ2n) is 8.49. The first-order valence-corrected chi connectivity index (χ1v) is 10.7. The van der Waals surface area contributed by atoms with E-state index in [9.17, 15) is 4.79 Å². The number of ether oxygens (including phenoxy) is 2. The van der Waals surface area contributed by atoms with Gasteiger partial charge >= 0.3 is 6.09 Å². The number of alkyl carbamates (subject to hydrolysis) is 1. The molecule has 0 spiro atoms. The Labute approximate surface area is 193 Å². The van der Waals surface area contributed by atoms with Crippen molar-refractivity contribution in [1.82, 2.24) is 25.5 Å². The van der Waals surface area contributed by atoms with E-state index in [2.05, 4.69) is 26.9 Å². The molecule has 172 valence electrons. The van der Waals surface area contributed by atoms with E-state index in [1.807, 2.05) is 54.6 Å². The molecule has 0 saturated heterocycles. The van der Waals surface area contributed by atoms with Crippen LogP contribution in [0.15, 0.2) is 54.6 Å². The summed E-state index contributed by atoms with van der Waals surface area (Å²) in [7, 11) is 0. The molecular weight excluding hydrogens is 420 g/mol. The van der Waals surface area contributed by atoms with Gasteiger partial charge in [-0.2, -0.15) is 5.26 Å². The molecule has 0 saturated carbocycles. The molecule has 0 fully saturated rings. The number of tetrazole rings is 1. The van der Waals surface area contributed by atoms with Gasteiger partial charge in [0.2, 0.25) is 0 Å². The molecule has 0 aliphatic carbocycles. The van der Waals surface area contributed by atoms with Crippen LogP contribution >= 0.6 is 0 Å². The summed E-state index contributed by atoms with van der Waals surface area (Å²) >= 11 is 0. The predicted molar refractivity (Wildman–Crippen MR) is 121 cm³/mol. The number of nitrogens with zero attached hydrogens (tertiary/aromatic N) is 5. The molecule has 1 unspecified atom stereocenters. The van der Waals surface area contributed by atoms with Crippen molar-refractivity contribution in [3.8, 4) is 11.8 Å². The lowest BCUT2D eigenvalue weighted by Crippen LogP contribution is -2.37. The standard InChI is InChI=1S/C24H28N6O3/c1-24(2,3)33-23(31)26-21(22-27-28-29-30(22)15-7-14-25)16-18-10-12-20(13-11-18)32-17-19-8-5-4-6-9-19/h4-6,8-13,21H,7,15-17H2,1-3H3,(H,26,31). The van der Waals surface area contributed by atoms with E-state index in [1.54, 1.807) is 20.8 Å². The second kappa shape index (κ2) is 11.1. The average Bonchev–Trinajstić information content (AvgIpc) is 3.25. The van der Waals surface area contributed by atoms with Crippen LogP contribution in [0.1, 0.15) is 50.2 Å². The Kier molecular flexibility index (Phi) is 7.97. The van der Waals surface area contributed by atoms with Crippen LogP contribution in [0.5, 0.6) is 5.75 Å². The lowest BCUT2D eigenvalue weighted by molar-refractivity contribution is 0.0500. The van der Waals surface area contributed by atoms with E-state index >= 15 is 0 Å². The van der Waals surface area contributed by atoms with Crippen LogP contribution in [-0.4, -0.2) is 31.9 Å².